The topological polar surface area (TPSA) is 0 Å². The molecule has 15 heavy (non-hydrogen) atoms. The van der Waals surface area contributed by atoms with Gasteiger partial charge in [0, 0.05) is 11.2 Å². The normalized spacial score (nSPS) is 13.1. The van der Waals surface area contributed by atoms with Gasteiger partial charge in [-0.25, -0.2) is 4.39 Å². The predicted molar refractivity (Wildman–Crippen MR) is 66.6 cm³/mol. The largest absolute Gasteiger partial charge is 0.207 e. The molecule has 0 spiro atoms. The van der Waals surface area contributed by atoms with Crippen molar-refractivity contribution in [1.29, 1.82) is 0 Å². The van der Waals surface area contributed by atoms with Crippen molar-refractivity contribution in [3.63, 3.8) is 0 Å². The lowest BCUT2D eigenvalue weighted by Gasteiger charge is -2.13. The van der Waals surface area contributed by atoms with Crippen LogP contribution in [-0.2, 0) is 0 Å². The van der Waals surface area contributed by atoms with Gasteiger partial charge >= 0.3 is 0 Å². The quantitative estimate of drug-likeness (QED) is 0.688. The van der Waals surface area contributed by atoms with Crippen molar-refractivity contribution in [3.8, 4) is 0 Å². The molecule has 0 nitrogen and oxygen atoms in total. The smallest absolute Gasteiger partial charge is 0.123 e. The molecule has 0 saturated heterocycles. The molecular formula is C13H17BrF. The number of halogens is 2. The Morgan fingerprint density at radius 2 is 1.93 bits per heavy atom. The van der Waals surface area contributed by atoms with E-state index in [2.05, 4.69) is 29.8 Å². The average Bonchev–Trinajstić information content (AvgIpc) is 2.26. The summed E-state index contributed by atoms with van der Waals surface area (Å²) in [5.74, 6) is 1.86. The molecule has 1 rings (SSSR count). The van der Waals surface area contributed by atoms with E-state index in [0.717, 1.165) is 17.3 Å². The summed E-state index contributed by atoms with van der Waals surface area (Å²) in [6, 6.07) is 6.74. The Bertz CT molecular complexity index is 281. The maximum absolute atomic E-state index is 12.7. The van der Waals surface area contributed by atoms with Crippen LogP contribution in [0.5, 0.6) is 0 Å². The SMILES string of the molecule is C[C](CCC(C)CBr)c1ccc(F)cc1. The second-order valence-electron chi connectivity index (χ2n) is 4.09. The first-order chi connectivity index (χ1) is 7.13. The highest BCUT2D eigenvalue weighted by Crippen LogP contribution is 2.22. The third kappa shape index (κ3) is 4.33. The fourth-order valence-corrected chi connectivity index (χ4v) is 1.74. The average molecular weight is 272 g/mol. The van der Waals surface area contributed by atoms with Crippen LogP contribution in [0.3, 0.4) is 0 Å². The second kappa shape index (κ2) is 6.26. The molecule has 0 aliphatic rings. The van der Waals surface area contributed by atoms with E-state index in [1.54, 1.807) is 0 Å². The Labute approximate surface area is 100 Å². The van der Waals surface area contributed by atoms with Crippen molar-refractivity contribution in [3.05, 3.63) is 41.6 Å². The standard InChI is InChI=1S/C13H17BrF/c1-10(9-14)3-4-11(2)12-5-7-13(15)8-6-12/h5-8,10H,3-4,9H2,1-2H3. The Hall–Kier alpha value is -0.370. The first-order valence-corrected chi connectivity index (χ1v) is 6.40. The van der Waals surface area contributed by atoms with E-state index in [1.165, 1.54) is 24.5 Å². The van der Waals surface area contributed by atoms with Crippen molar-refractivity contribution in [2.24, 2.45) is 5.92 Å². The molecule has 0 saturated carbocycles. The Morgan fingerprint density at radius 3 is 2.47 bits per heavy atom. The van der Waals surface area contributed by atoms with Gasteiger partial charge in [0.15, 0.2) is 0 Å². The number of rotatable bonds is 5. The molecule has 0 heterocycles. The minimum absolute atomic E-state index is 0.166. The van der Waals surface area contributed by atoms with Crippen molar-refractivity contribution in [2.75, 3.05) is 5.33 Å². The van der Waals surface area contributed by atoms with Gasteiger partial charge < -0.3 is 0 Å². The van der Waals surface area contributed by atoms with Gasteiger partial charge in [0.05, 0.1) is 0 Å². The van der Waals surface area contributed by atoms with Crippen LogP contribution in [0.1, 0.15) is 32.3 Å². The third-order valence-corrected chi connectivity index (χ3v) is 3.72. The zero-order valence-electron chi connectivity index (χ0n) is 9.26. The van der Waals surface area contributed by atoms with Gasteiger partial charge in [-0.3, -0.25) is 0 Å². The minimum atomic E-state index is -0.166. The second-order valence-corrected chi connectivity index (χ2v) is 4.73. The van der Waals surface area contributed by atoms with Gasteiger partial charge in [0.25, 0.3) is 0 Å². The van der Waals surface area contributed by atoms with Crippen LogP contribution < -0.4 is 0 Å². The summed E-state index contributed by atoms with van der Waals surface area (Å²) in [4.78, 5) is 0. The summed E-state index contributed by atoms with van der Waals surface area (Å²) in [5.41, 5.74) is 1.15. The molecule has 1 aromatic rings. The number of hydrogen-bond donors (Lipinski definition) is 0. The van der Waals surface area contributed by atoms with Gasteiger partial charge in [-0.2, -0.15) is 0 Å². The Morgan fingerprint density at radius 1 is 1.33 bits per heavy atom. The first kappa shape index (κ1) is 12.7. The van der Waals surface area contributed by atoms with Crippen LogP contribution in [0.15, 0.2) is 24.3 Å². The summed E-state index contributed by atoms with van der Waals surface area (Å²) in [6.45, 7) is 4.35. The zero-order valence-corrected chi connectivity index (χ0v) is 10.8. The van der Waals surface area contributed by atoms with E-state index in [4.69, 9.17) is 0 Å². The maximum atomic E-state index is 12.7. The molecular weight excluding hydrogens is 255 g/mol. The van der Waals surface area contributed by atoms with Gasteiger partial charge in [0.2, 0.25) is 0 Å². The van der Waals surface area contributed by atoms with Crippen LogP contribution in [0.2, 0.25) is 0 Å². The lowest BCUT2D eigenvalue weighted by molar-refractivity contribution is 0.579. The van der Waals surface area contributed by atoms with Crippen molar-refractivity contribution < 1.29 is 4.39 Å². The van der Waals surface area contributed by atoms with Crippen LogP contribution in [0.4, 0.5) is 4.39 Å². The van der Waals surface area contributed by atoms with Crippen LogP contribution in [-0.4, -0.2) is 5.33 Å². The molecule has 0 fully saturated rings. The van der Waals surface area contributed by atoms with Gasteiger partial charge in [-0.1, -0.05) is 41.9 Å². The third-order valence-electron chi connectivity index (χ3n) is 2.61. The summed E-state index contributed by atoms with van der Waals surface area (Å²) >= 11 is 3.47. The number of hydrogen-bond acceptors (Lipinski definition) is 0. The van der Waals surface area contributed by atoms with E-state index < -0.39 is 0 Å². The van der Waals surface area contributed by atoms with E-state index in [9.17, 15) is 4.39 Å². The summed E-state index contributed by atoms with van der Waals surface area (Å²) in [5, 5.41) is 1.05. The predicted octanol–water partition coefficient (Wildman–Crippen LogP) is 4.58. The molecule has 0 N–H and O–H groups in total. The van der Waals surface area contributed by atoms with Crippen LogP contribution in [0, 0.1) is 17.7 Å². The highest BCUT2D eigenvalue weighted by Gasteiger charge is 2.08. The number of benzene rings is 1. The molecule has 1 radical (unpaired) electrons. The molecule has 1 aromatic carbocycles. The molecule has 83 valence electrons. The molecule has 1 atom stereocenters. The van der Waals surface area contributed by atoms with Crippen LogP contribution >= 0.6 is 15.9 Å². The minimum Gasteiger partial charge on any atom is -0.207 e. The zero-order chi connectivity index (χ0) is 11.3. The molecule has 0 bridgehead atoms. The van der Waals surface area contributed by atoms with Crippen molar-refractivity contribution >= 4 is 15.9 Å². The highest BCUT2D eigenvalue weighted by molar-refractivity contribution is 9.09. The van der Waals surface area contributed by atoms with E-state index >= 15 is 0 Å². The number of alkyl halides is 1. The van der Waals surface area contributed by atoms with E-state index in [-0.39, 0.29) is 5.82 Å². The first-order valence-electron chi connectivity index (χ1n) is 5.28. The molecule has 1 unspecified atom stereocenters. The lowest BCUT2D eigenvalue weighted by atomic mass is 9.93. The van der Waals surface area contributed by atoms with Crippen molar-refractivity contribution in [2.45, 2.75) is 26.7 Å². The van der Waals surface area contributed by atoms with E-state index in [0.29, 0.717) is 5.92 Å². The van der Waals surface area contributed by atoms with Gasteiger partial charge in [-0.05, 0) is 36.5 Å². The summed E-state index contributed by atoms with van der Waals surface area (Å²) in [7, 11) is 0. The molecule has 2 heteroatoms. The monoisotopic (exact) mass is 271 g/mol. The summed E-state index contributed by atoms with van der Waals surface area (Å²) in [6.07, 6.45) is 2.26. The Kier molecular flexibility index (Phi) is 5.30. The summed E-state index contributed by atoms with van der Waals surface area (Å²) < 4.78 is 12.7. The van der Waals surface area contributed by atoms with Crippen molar-refractivity contribution in [1.82, 2.24) is 0 Å². The molecule has 0 aliphatic carbocycles. The highest BCUT2D eigenvalue weighted by atomic mass is 79.9. The van der Waals surface area contributed by atoms with E-state index in [1.807, 2.05) is 12.1 Å². The molecule has 0 aliphatic heterocycles. The molecule has 0 aromatic heterocycles. The van der Waals surface area contributed by atoms with Gasteiger partial charge in [0.1, 0.15) is 5.82 Å². The van der Waals surface area contributed by atoms with Gasteiger partial charge in [-0.15, -0.1) is 0 Å². The lowest BCUT2D eigenvalue weighted by Crippen LogP contribution is -2.01. The maximum Gasteiger partial charge on any atom is 0.123 e. The fourth-order valence-electron chi connectivity index (χ4n) is 1.42. The van der Waals surface area contributed by atoms with Crippen LogP contribution in [0.25, 0.3) is 0 Å². The fraction of sp³-hybridized carbons (Fsp3) is 0.462. The molecule has 0 amide bonds. The Balaban J connectivity index is 2.46.